The van der Waals surface area contributed by atoms with Crippen LogP contribution < -0.4 is 30.9 Å². The number of ether oxygens (including phenoxy) is 1. The molecule has 0 atom stereocenters. The molecule has 0 spiro atoms. The van der Waals surface area contributed by atoms with E-state index in [1.54, 1.807) is 60.7 Å². The highest BCUT2D eigenvalue weighted by molar-refractivity contribution is 6.12. The van der Waals surface area contributed by atoms with Crippen molar-refractivity contribution < 1.29 is 19.4 Å². The summed E-state index contributed by atoms with van der Waals surface area (Å²) < 4.78 is 6.55. The molecule has 3 aromatic carbocycles. The number of para-hydroxylation sites is 1. The van der Waals surface area contributed by atoms with Gasteiger partial charge in [0.25, 0.3) is 11.5 Å². The number of aryl methyl sites for hydroxylation is 1. The molecule has 5 rings (SSSR count). The first kappa shape index (κ1) is 27.4. The molecule has 4 aromatic rings. The first-order valence-electron chi connectivity index (χ1n) is 13.3. The zero-order valence-corrected chi connectivity index (χ0v) is 23.3. The topological polar surface area (TPSA) is 104 Å². The van der Waals surface area contributed by atoms with E-state index in [-0.39, 0.29) is 21.8 Å². The molecule has 0 unspecified atom stereocenters. The molecule has 2 heterocycles. The van der Waals surface area contributed by atoms with E-state index in [9.17, 15) is 19.5 Å². The van der Waals surface area contributed by atoms with E-state index in [4.69, 9.17) is 4.74 Å². The highest BCUT2D eigenvalue weighted by Gasteiger charge is 2.34. The Bertz CT molecular complexity index is 1830. The van der Waals surface area contributed by atoms with Gasteiger partial charge in [0, 0.05) is 18.8 Å². The summed E-state index contributed by atoms with van der Waals surface area (Å²) in [5, 5.41) is 15.9. The van der Waals surface area contributed by atoms with Crippen molar-refractivity contribution in [1.82, 2.24) is 4.57 Å². The van der Waals surface area contributed by atoms with Gasteiger partial charge in [0.2, 0.25) is 0 Å². The van der Waals surface area contributed by atoms with Gasteiger partial charge in [0.1, 0.15) is 11.3 Å². The molecule has 1 aliphatic heterocycles. The van der Waals surface area contributed by atoms with Crippen LogP contribution in [0.1, 0.15) is 45.7 Å². The molecular weight excluding hydrogens is 520 g/mol. The SMILES string of the molecule is CCN(CC)c1ccc(/C=c2\c(C(=O)O)c3c(n(-c4ccc(OC)cc4)c2=O)=NN(c2ccccc2)C3=O)c(C)c1. The number of fused-ring (bicyclic) bond motifs is 1. The van der Waals surface area contributed by atoms with Gasteiger partial charge < -0.3 is 14.7 Å². The maximum absolute atomic E-state index is 14.2. The largest absolute Gasteiger partial charge is 0.497 e. The summed E-state index contributed by atoms with van der Waals surface area (Å²) in [5.74, 6) is -1.44. The number of anilines is 2. The number of amides is 1. The Labute approximate surface area is 236 Å². The molecule has 1 N–H and O–H groups in total. The summed E-state index contributed by atoms with van der Waals surface area (Å²) in [7, 11) is 1.53. The van der Waals surface area contributed by atoms with Gasteiger partial charge >= 0.3 is 5.97 Å². The van der Waals surface area contributed by atoms with Crippen LogP contribution >= 0.6 is 0 Å². The van der Waals surface area contributed by atoms with Crippen molar-refractivity contribution in [2.24, 2.45) is 5.10 Å². The van der Waals surface area contributed by atoms with Gasteiger partial charge in [-0.15, -0.1) is 5.10 Å². The lowest BCUT2D eigenvalue weighted by Gasteiger charge is -2.21. The van der Waals surface area contributed by atoms with Crippen molar-refractivity contribution in [2.75, 3.05) is 30.1 Å². The number of carbonyl (C=O) groups is 2. The van der Waals surface area contributed by atoms with Crippen LogP contribution in [-0.4, -0.2) is 41.7 Å². The minimum atomic E-state index is -1.39. The van der Waals surface area contributed by atoms with E-state index in [1.807, 2.05) is 25.1 Å². The predicted octanol–water partition coefficient (Wildman–Crippen LogP) is 3.72. The third-order valence-electron chi connectivity index (χ3n) is 7.22. The van der Waals surface area contributed by atoms with Crippen LogP contribution in [0.2, 0.25) is 0 Å². The van der Waals surface area contributed by atoms with Gasteiger partial charge in [0.15, 0.2) is 5.49 Å². The average molecular weight is 551 g/mol. The number of nitrogens with zero attached hydrogens (tertiary/aromatic N) is 4. The lowest BCUT2D eigenvalue weighted by atomic mass is 10.0. The first-order chi connectivity index (χ1) is 19.8. The number of hydrogen-bond acceptors (Lipinski definition) is 6. The van der Waals surface area contributed by atoms with Crippen LogP contribution in [0.4, 0.5) is 11.4 Å². The van der Waals surface area contributed by atoms with Gasteiger partial charge in [-0.2, -0.15) is 5.01 Å². The molecule has 9 heteroatoms. The number of benzene rings is 3. The molecule has 0 fully saturated rings. The molecule has 0 saturated heterocycles. The highest BCUT2D eigenvalue weighted by Crippen LogP contribution is 2.23. The summed E-state index contributed by atoms with van der Waals surface area (Å²) in [4.78, 5) is 42.9. The van der Waals surface area contributed by atoms with Crippen LogP contribution in [0.15, 0.2) is 82.7 Å². The first-order valence-corrected chi connectivity index (χ1v) is 13.3. The highest BCUT2D eigenvalue weighted by atomic mass is 16.5. The minimum Gasteiger partial charge on any atom is -0.497 e. The Morgan fingerprint density at radius 1 is 0.976 bits per heavy atom. The normalized spacial score (nSPS) is 12.7. The molecule has 0 radical (unpaired) electrons. The molecule has 0 aliphatic carbocycles. The van der Waals surface area contributed by atoms with E-state index in [0.717, 1.165) is 29.3 Å². The number of rotatable bonds is 8. The minimum absolute atomic E-state index is 0.0443. The second kappa shape index (κ2) is 11.1. The van der Waals surface area contributed by atoms with Crippen molar-refractivity contribution in [2.45, 2.75) is 20.8 Å². The van der Waals surface area contributed by atoms with Crippen molar-refractivity contribution in [3.63, 3.8) is 0 Å². The van der Waals surface area contributed by atoms with E-state index in [1.165, 1.54) is 11.7 Å². The lowest BCUT2D eigenvalue weighted by molar-refractivity contribution is 0.0690. The summed E-state index contributed by atoms with van der Waals surface area (Å²) in [5.41, 5.74) is 2.25. The standard InChI is InChI=1S/C32H30N4O5/c1-5-34(6-2)24-13-12-21(20(3)18-24)19-26-27(32(39)40)28-29(33-36(31(28)38)23-10-8-7-9-11-23)35(30(26)37)22-14-16-25(41-4)17-15-22/h7-19H,5-6H2,1-4H3,(H,39,40)/b26-19+. The van der Waals surface area contributed by atoms with Gasteiger partial charge in [-0.3, -0.25) is 14.2 Å². The zero-order valence-electron chi connectivity index (χ0n) is 23.3. The Morgan fingerprint density at radius 3 is 2.24 bits per heavy atom. The van der Waals surface area contributed by atoms with Crippen molar-refractivity contribution in [3.8, 4) is 11.4 Å². The molecule has 0 bridgehead atoms. The number of carboxylic acid groups (broad SMARTS) is 1. The quantitative estimate of drug-likeness (QED) is 0.359. The number of aromatic nitrogens is 1. The number of pyridine rings is 1. The van der Waals surface area contributed by atoms with Crippen LogP contribution in [0.25, 0.3) is 11.8 Å². The van der Waals surface area contributed by atoms with Crippen LogP contribution in [0.5, 0.6) is 5.75 Å². The molecule has 208 valence electrons. The van der Waals surface area contributed by atoms with E-state index >= 15 is 0 Å². The monoisotopic (exact) mass is 550 g/mol. The predicted molar refractivity (Wildman–Crippen MR) is 158 cm³/mol. The van der Waals surface area contributed by atoms with Crippen molar-refractivity contribution in [1.29, 1.82) is 0 Å². The zero-order chi connectivity index (χ0) is 29.3. The Balaban J connectivity index is 1.84. The van der Waals surface area contributed by atoms with Crippen molar-refractivity contribution in [3.05, 3.63) is 116 Å². The molecular formula is C32H30N4O5. The lowest BCUT2D eigenvalue weighted by Crippen LogP contribution is -2.47. The fraction of sp³-hybridized carbons (Fsp3) is 0.188. The van der Waals surface area contributed by atoms with E-state index in [2.05, 4.69) is 23.8 Å². The van der Waals surface area contributed by atoms with Gasteiger partial charge in [-0.05, 0) is 86.5 Å². The number of aromatic carboxylic acids is 1. The van der Waals surface area contributed by atoms with Crippen LogP contribution in [0.3, 0.4) is 0 Å². The Hall–Kier alpha value is -5.18. The molecule has 9 nitrogen and oxygen atoms in total. The van der Waals surface area contributed by atoms with Gasteiger partial charge in [-0.25, -0.2) is 4.79 Å². The second-order valence-electron chi connectivity index (χ2n) is 9.54. The summed E-state index contributed by atoms with van der Waals surface area (Å²) >= 11 is 0. The fourth-order valence-corrected chi connectivity index (χ4v) is 5.06. The summed E-state index contributed by atoms with van der Waals surface area (Å²) in [6, 6.07) is 21.2. The Kier molecular flexibility index (Phi) is 7.43. The van der Waals surface area contributed by atoms with Gasteiger partial charge in [-0.1, -0.05) is 24.3 Å². The average Bonchev–Trinajstić information content (AvgIpc) is 3.31. The molecule has 0 saturated carbocycles. The molecule has 1 aliphatic rings. The summed E-state index contributed by atoms with van der Waals surface area (Å²) in [6.07, 6.45) is 1.55. The number of carboxylic acids is 1. The smallest absolute Gasteiger partial charge is 0.337 e. The number of hydrogen-bond donors (Lipinski definition) is 1. The molecule has 41 heavy (non-hydrogen) atoms. The molecule has 1 amide bonds. The molecule has 1 aromatic heterocycles. The third kappa shape index (κ3) is 4.86. The summed E-state index contributed by atoms with van der Waals surface area (Å²) in [6.45, 7) is 7.73. The fourth-order valence-electron chi connectivity index (χ4n) is 5.06. The van der Waals surface area contributed by atoms with E-state index < -0.39 is 17.4 Å². The maximum Gasteiger partial charge on any atom is 0.337 e. The van der Waals surface area contributed by atoms with Crippen LogP contribution in [0, 0.1) is 6.92 Å². The third-order valence-corrected chi connectivity index (χ3v) is 7.22. The second-order valence-corrected chi connectivity index (χ2v) is 9.54. The number of carbonyl (C=O) groups excluding carboxylic acids is 1. The maximum atomic E-state index is 14.2. The van der Waals surface area contributed by atoms with Crippen LogP contribution in [-0.2, 0) is 0 Å². The Morgan fingerprint density at radius 2 is 1.66 bits per heavy atom. The number of methoxy groups -OCH3 is 1. The van der Waals surface area contributed by atoms with E-state index in [0.29, 0.717) is 22.7 Å². The van der Waals surface area contributed by atoms with Gasteiger partial charge in [0.05, 0.1) is 29.3 Å². The van der Waals surface area contributed by atoms with Crippen molar-refractivity contribution >= 4 is 29.3 Å².